The molecule has 0 saturated heterocycles. The maximum absolute atomic E-state index is 5.66. The molecule has 5 heteroatoms. The van der Waals surface area contributed by atoms with Crippen molar-refractivity contribution in [1.29, 1.82) is 0 Å². The molecule has 2 heterocycles. The summed E-state index contributed by atoms with van der Waals surface area (Å²) in [6, 6.07) is 12.5. The molecule has 126 valence electrons. The number of benzene rings is 2. The minimum atomic E-state index is 0.203. The van der Waals surface area contributed by atoms with Gasteiger partial charge in [-0.1, -0.05) is 6.07 Å². The zero-order chi connectivity index (χ0) is 16.4. The maximum atomic E-state index is 5.66. The van der Waals surface area contributed by atoms with Crippen LogP contribution in [0.2, 0.25) is 0 Å². The Morgan fingerprint density at radius 1 is 0.750 bits per heavy atom. The first-order valence-corrected chi connectivity index (χ1v) is 8.41. The lowest BCUT2D eigenvalue weighted by atomic mass is 9.99. The molecule has 2 aromatic carbocycles. The van der Waals surface area contributed by atoms with Crippen molar-refractivity contribution in [2.24, 2.45) is 0 Å². The van der Waals surface area contributed by atoms with E-state index in [0.29, 0.717) is 26.4 Å². The van der Waals surface area contributed by atoms with Crippen LogP contribution in [0.25, 0.3) is 0 Å². The third kappa shape index (κ3) is 3.12. The van der Waals surface area contributed by atoms with Gasteiger partial charge in [0.25, 0.3) is 0 Å². The number of fused-ring (bicyclic) bond motifs is 2. The Bertz CT molecular complexity index is 731. The highest BCUT2D eigenvalue weighted by Gasteiger charge is 2.17. The summed E-state index contributed by atoms with van der Waals surface area (Å²) >= 11 is 0. The molecule has 0 radical (unpaired) electrons. The van der Waals surface area contributed by atoms with Gasteiger partial charge in [-0.3, -0.25) is 0 Å². The van der Waals surface area contributed by atoms with E-state index in [1.54, 1.807) is 0 Å². The van der Waals surface area contributed by atoms with Crippen molar-refractivity contribution in [2.45, 2.75) is 18.9 Å². The van der Waals surface area contributed by atoms with Crippen LogP contribution in [0.5, 0.6) is 23.0 Å². The van der Waals surface area contributed by atoms with E-state index in [1.807, 2.05) is 12.1 Å². The number of quaternary nitrogens is 1. The largest absolute Gasteiger partial charge is 0.486 e. The lowest BCUT2D eigenvalue weighted by Crippen LogP contribution is -2.53. The highest BCUT2D eigenvalue weighted by atomic mass is 16.6. The molecule has 0 spiro atoms. The van der Waals surface area contributed by atoms with Crippen LogP contribution in [0.4, 0.5) is 0 Å². The highest BCUT2D eigenvalue weighted by molar-refractivity contribution is 5.45. The Hall–Kier alpha value is -2.40. The molecule has 0 fully saturated rings. The van der Waals surface area contributed by atoms with Gasteiger partial charge in [-0.15, -0.1) is 0 Å². The van der Waals surface area contributed by atoms with E-state index in [0.717, 1.165) is 35.8 Å². The Kier molecular flexibility index (Phi) is 4.17. The Labute approximate surface area is 141 Å². The first kappa shape index (κ1) is 15.1. The van der Waals surface area contributed by atoms with Crippen LogP contribution in [0.15, 0.2) is 36.4 Å². The third-order valence-corrected chi connectivity index (χ3v) is 4.43. The molecule has 4 rings (SSSR count). The number of hydrogen-bond acceptors (Lipinski definition) is 4. The zero-order valence-corrected chi connectivity index (χ0v) is 13.6. The van der Waals surface area contributed by atoms with Gasteiger partial charge < -0.3 is 24.7 Å². The maximum Gasteiger partial charge on any atom is 0.161 e. The number of hydrogen-bond donors (Lipinski definition) is 1. The van der Waals surface area contributed by atoms with E-state index >= 15 is 0 Å². The normalized spacial score (nSPS) is 16.5. The molecular weight excluding hydrogens is 306 g/mol. The van der Waals surface area contributed by atoms with Crippen LogP contribution in [0, 0.1) is 0 Å². The molecule has 2 aliphatic heterocycles. The van der Waals surface area contributed by atoms with Gasteiger partial charge in [-0.2, -0.15) is 0 Å². The molecule has 5 nitrogen and oxygen atoms in total. The minimum Gasteiger partial charge on any atom is -0.486 e. The predicted molar refractivity (Wildman–Crippen MR) is 88.8 cm³/mol. The minimum absolute atomic E-state index is 0.203. The lowest BCUT2D eigenvalue weighted by Gasteiger charge is -2.20. The molecule has 24 heavy (non-hydrogen) atoms. The van der Waals surface area contributed by atoms with Crippen molar-refractivity contribution < 1.29 is 24.7 Å². The average Bonchev–Trinajstić information content (AvgIpc) is 2.65. The van der Waals surface area contributed by atoms with Crippen molar-refractivity contribution in [3.8, 4) is 23.0 Å². The van der Waals surface area contributed by atoms with Crippen LogP contribution in [0.1, 0.15) is 23.6 Å². The van der Waals surface area contributed by atoms with Gasteiger partial charge in [-0.25, -0.2) is 0 Å². The second-order valence-electron chi connectivity index (χ2n) is 6.12. The Morgan fingerprint density at radius 3 is 2.04 bits per heavy atom. The Balaban J connectivity index is 1.42. The van der Waals surface area contributed by atoms with E-state index < -0.39 is 0 Å². The fourth-order valence-corrected chi connectivity index (χ4v) is 3.06. The van der Waals surface area contributed by atoms with Crippen molar-refractivity contribution in [2.75, 3.05) is 26.4 Å². The average molecular weight is 328 g/mol. The molecule has 2 aromatic rings. The summed E-state index contributed by atoms with van der Waals surface area (Å²) < 4.78 is 22.4. The number of aryl methyl sites for hydroxylation is 1. The smallest absolute Gasteiger partial charge is 0.161 e. The predicted octanol–water partition coefficient (Wildman–Crippen LogP) is 2.14. The molecule has 0 aromatic heterocycles. The van der Waals surface area contributed by atoms with Crippen molar-refractivity contribution >= 4 is 0 Å². The molecule has 3 N–H and O–H groups in total. The van der Waals surface area contributed by atoms with Gasteiger partial charge in [0.15, 0.2) is 23.0 Å². The van der Waals surface area contributed by atoms with Crippen LogP contribution in [-0.2, 0) is 6.42 Å². The number of rotatable bonds is 4. The first-order chi connectivity index (χ1) is 11.8. The van der Waals surface area contributed by atoms with Gasteiger partial charge in [-0.05, 0) is 42.3 Å². The summed E-state index contributed by atoms with van der Waals surface area (Å²) in [6.45, 7) is 2.46. The zero-order valence-electron chi connectivity index (χ0n) is 13.6. The second-order valence-corrected chi connectivity index (χ2v) is 6.12. The molecular formula is C19H22NO4+. The van der Waals surface area contributed by atoms with E-state index in [-0.39, 0.29) is 6.04 Å². The molecule has 0 saturated carbocycles. The monoisotopic (exact) mass is 328 g/mol. The van der Waals surface area contributed by atoms with Crippen LogP contribution >= 0.6 is 0 Å². The number of ether oxygens (including phenoxy) is 4. The SMILES string of the molecule is [NH3+][C@H](CCc1ccc2c(c1)OCCO2)c1ccc2c(c1)OCCO2. The van der Waals surface area contributed by atoms with Crippen molar-refractivity contribution in [3.63, 3.8) is 0 Å². The van der Waals surface area contributed by atoms with Crippen LogP contribution in [0.3, 0.4) is 0 Å². The van der Waals surface area contributed by atoms with Crippen LogP contribution in [-0.4, -0.2) is 26.4 Å². The standard InChI is InChI=1S/C19H21NO4/c20-15(14-3-6-17-19(12-14)24-10-8-22-17)4-1-13-2-5-16-18(11-13)23-9-7-21-16/h2-3,5-6,11-12,15H,1,4,7-10,20H2/p+1/t15-/m1/s1. The van der Waals surface area contributed by atoms with Crippen molar-refractivity contribution in [3.05, 3.63) is 47.5 Å². The van der Waals surface area contributed by atoms with Gasteiger partial charge in [0.05, 0.1) is 0 Å². The Morgan fingerprint density at radius 2 is 1.33 bits per heavy atom. The molecule has 0 aliphatic carbocycles. The molecule has 1 atom stereocenters. The van der Waals surface area contributed by atoms with Crippen LogP contribution < -0.4 is 24.7 Å². The molecule has 0 bridgehead atoms. The van der Waals surface area contributed by atoms with Gasteiger partial charge >= 0.3 is 0 Å². The third-order valence-electron chi connectivity index (χ3n) is 4.43. The van der Waals surface area contributed by atoms with E-state index in [4.69, 9.17) is 18.9 Å². The summed E-state index contributed by atoms with van der Waals surface area (Å²) in [6.07, 6.45) is 1.90. The van der Waals surface area contributed by atoms with E-state index in [2.05, 4.69) is 30.0 Å². The summed E-state index contributed by atoms with van der Waals surface area (Å²) in [5.41, 5.74) is 6.73. The van der Waals surface area contributed by atoms with Gasteiger partial charge in [0.2, 0.25) is 0 Å². The fraction of sp³-hybridized carbons (Fsp3) is 0.368. The fourth-order valence-electron chi connectivity index (χ4n) is 3.06. The first-order valence-electron chi connectivity index (χ1n) is 8.41. The highest BCUT2D eigenvalue weighted by Crippen LogP contribution is 2.34. The van der Waals surface area contributed by atoms with Crippen molar-refractivity contribution in [1.82, 2.24) is 0 Å². The quantitative estimate of drug-likeness (QED) is 0.934. The van der Waals surface area contributed by atoms with Gasteiger partial charge in [0.1, 0.15) is 32.5 Å². The summed E-state index contributed by atoms with van der Waals surface area (Å²) in [7, 11) is 0. The van der Waals surface area contributed by atoms with Gasteiger partial charge in [0, 0.05) is 12.0 Å². The molecule has 0 unspecified atom stereocenters. The molecule has 0 amide bonds. The summed E-state index contributed by atoms with van der Waals surface area (Å²) in [4.78, 5) is 0. The topological polar surface area (TPSA) is 64.6 Å². The van der Waals surface area contributed by atoms with E-state index in [9.17, 15) is 0 Å². The second kappa shape index (κ2) is 6.61. The summed E-state index contributed by atoms with van der Waals surface area (Å²) in [5.74, 6) is 3.33. The summed E-state index contributed by atoms with van der Waals surface area (Å²) in [5, 5.41) is 0. The van der Waals surface area contributed by atoms with E-state index in [1.165, 1.54) is 11.1 Å². The molecule has 2 aliphatic rings. The lowest BCUT2D eigenvalue weighted by molar-refractivity contribution is -0.427.